The van der Waals surface area contributed by atoms with Crippen molar-refractivity contribution in [2.75, 3.05) is 6.61 Å². The Labute approximate surface area is 107 Å². The average Bonchev–Trinajstić information content (AvgIpc) is 2.85. The summed E-state index contributed by atoms with van der Waals surface area (Å²) in [6, 6.07) is 0. The lowest BCUT2D eigenvalue weighted by Gasteiger charge is -1.97. The molecule has 17 heavy (non-hydrogen) atoms. The smallest absolute Gasteiger partial charge is 0.358 e. The number of hydrogen-bond acceptors (Lipinski definition) is 6. The van der Waals surface area contributed by atoms with Crippen molar-refractivity contribution in [3.63, 3.8) is 0 Å². The molecule has 0 aromatic carbocycles. The highest BCUT2D eigenvalue weighted by Gasteiger charge is 2.18. The van der Waals surface area contributed by atoms with E-state index in [1.165, 1.54) is 22.7 Å². The first-order valence-electron chi connectivity index (χ1n) is 5.19. The Morgan fingerprint density at radius 1 is 1.35 bits per heavy atom. The number of esters is 1. The van der Waals surface area contributed by atoms with E-state index in [1.807, 2.05) is 19.2 Å². The summed E-state index contributed by atoms with van der Waals surface area (Å²) in [5.41, 5.74) is 1.37. The summed E-state index contributed by atoms with van der Waals surface area (Å²) in [5.74, 6) is -0.360. The molecule has 0 aliphatic rings. The molecule has 90 valence electrons. The van der Waals surface area contributed by atoms with Crippen LogP contribution in [0.1, 0.15) is 28.0 Å². The van der Waals surface area contributed by atoms with Crippen LogP contribution in [0.2, 0.25) is 0 Å². The minimum atomic E-state index is -0.360. The maximum atomic E-state index is 11.6. The van der Waals surface area contributed by atoms with Crippen LogP contribution in [0.4, 0.5) is 0 Å². The van der Waals surface area contributed by atoms with Crippen LogP contribution in [0, 0.1) is 13.8 Å². The maximum Gasteiger partial charge on any atom is 0.358 e. The Hall–Kier alpha value is -1.27. The standard InChI is InChI=1S/C11H12N2O2S2/c1-4-15-11(14)8-7(3)17-10(13-8)9-12-6(2)5-16-9/h5H,4H2,1-3H3. The SMILES string of the molecule is CCOC(=O)c1nc(-c2nc(C)cs2)sc1C. The van der Waals surface area contributed by atoms with E-state index in [-0.39, 0.29) is 5.97 Å². The van der Waals surface area contributed by atoms with Crippen molar-refractivity contribution in [2.24, 2.45) is 0 Å². The molecule has 0 spiro atoms. The Morgan fingerprint density at radius 2 is 2.12 bits per heavy atom. The highest BCUT2D eigenvalue weighted by Crippen LogP contribution is 2.30. The summed E-state index contributed by atoms with van der Waals surface area (Å²) in [4.78, 5) is 21.1. The van der Waals surface area contributed by atoms with Gasteiger partial charge in [-0.15, -0.1) is 22.7 Å². The van der Waals surface area contributed by atoms with Crippen molar-refractivity contribution in [1.82, 2.24) is 9.97 Å². The lowest BCUT2D eigenvalue weighted by Crippen LogP contribution is -2.06. The predicted molar refractivity (Wildman–Crippen MR) is 68.7 cm³/mol. The molecule has 0 amide bonds. The predicted octanol–water partition coefficient (Wildman–Crippen LogP) is 3.06. The van der Waals surface area contributed by atoms with Crippen molar-refractivity contribution < 1.29 is 9.53 Å². The zero-order valence-electron chi connectivity index (χ0n) is 9.81. The normalized spacial score (nSPS) is 10.5. The molecule has 0 bridgehead atoms. The largest absolute Gasteiger partial charge is 0.461 e. The summed E-state index contributed by atoms with van der Waals surface area (Å²) in [7, 11) is 0. The molecule has 0 saturated carbocycles. The fourth-order valence-corrected chi connectivity index (χ4v) is 3.06. The molecule has 0 N–H and O–H groups in total. The lowest BCUT2D eigenvalue weighted by molar-refractivity contribution is 0.0519. The van der Waals surface area contributed by atoms with Crippen molar-refractivity contribution in [1.29, 1.82) is 0 Å². The number of aryl methyl sites for hydroxylation is 2. The zero-order chi connectivity index (χ0) is 12.4. The lowest BCUT2D eigenvalue weighted by atomic mass is 10.4. The Kier molecular flexibility index (Phi) is 3.54. The van der Waals surface area contributed by atoms with Crippen LogP contribution in [-0.4, -0.2) is 22.5 Å². The third-order valence-electron chi connectivity index (χ3n) is 2.07. The molecule has 2 rings (SSSR count). The van der Waals surface area contributed by atoms with Gasteiger partial charge >= 0.3 is 5.97 Å². The van der Waals surface area contributed by atoms with Gasteiger partial charge in [0.15, 0.2) is 15.7 Å². The monoisotopic (exact) mass is 268 g/mol. The van der Waals surface area contributed by atoms with Gasteiger partial charge in [0.05, 0.1) is 6.61 Å². The molecular weight excluding hydrogens is 256 g/mol. The number of carbonyl (C=O) groups is 1. The maximum absolute atomic E-state index is 11.6. The van der Waals surface area contributed by atoms with E-state index in [0.29, 0.717) is 12.3 Å². The average molecular weight is 268 g/mol. The van der Waals surface area contributed by atoms with Gasteiger partial charge in [-0.05, 0) is 20.8 Å². The summed E-state index contributed by atoms with van der Waals surface area (Å²) in [5, 5.41) is 3.60. The summed E-state index contributed by atoms with van der Waals surface area (Å²) >= 11 is 3.01. The van der Waals surface area contributed by atoms with Gasteiger partial charge in [0, 0.05) is 16.0 Å². The Morgan fingerprint density at radius 3 is 2.71 bits per heavy atom. The van der Waals surface area contributed by atoms with Gasteiger partial charge in [0.2, 0.25) is 0 Å². The fourth-order valence-electron chi connectivity index (χ4n) is 1.33. The van der Waals surface area contributed by atoms with Crippen LogP contribution in [0.25, 0.3) is 10.0 Å². The van der Waals surface area contributed by atoms with Gasteiger partial charge in [-0.2, -0.15) is 0 Å². The summed E-state index contributed by atoms with van der Waals surface area (Å²) in [6.45, 7) is 5.95. The highest BCUT2D eigenvalue weighted by molar-refractivity contribution is 7.20. The first kappa shape index (κ1) is 12.2. The Bertz CT molecular complexity index is 545. The number of rotatable bonds is 3. The number of aromatic nitrogens is 2. The van der Waals surface area contributed by atoms with Gasteiger partial charge in [0.25, 0.3) is 0 Å². The van der Waals surface area contributed by atoms with Crippen LogP contribution in [0.3, 0.4) is 0 Å². The first-order valence-corrected chi connectivity index (χ1v) is 6.88. The molecule has 0 saturated heterocycles. The number of carbonyl (C=O) groups excluding carboxylic acids is 1. The number of ether oxygens (including phenoxy) is 1. The van der Waals surface area contributed by atoms with Gasteiger partial charge in [-0.1, -0.05) is 0 Å². The van der Waals surface area contributed by atoms with E-state index in [9.17, 15) is 4.79 Å². The molecule has 0 fully saturated rings. The van der Waals surface area contributed by atoms with Crippen LogP contribution in [0.15, 0.2) is 5.38 Å². The molecule has 0 atom stereocenters. The van der Waals surface area contributed by atoms with Crippen LogP contribution >= 0.6 is 22.7 Å². The minimum Gasteiger partial charge on any atom is -0.461 e. The molecule has 0 aliphatic heterocycles. The van der Waals surface area contributed by atoms with E-state index in [1.54, 1.807) is 6.92 Å². The molecule has 4 nitrogen and oxygen atoms in total. The summed E-state index contributed by atoms with van der Waals surface area (Å²) < 4.78 is 4.95. The van der Waals surface area contributed by atoms with E-state index in [4.69, 9.17) is 4.74 Å². The molecule has 2 aromatic heterocycles. The molecular formula is C11H12N2O2S2. The van der Waals surface area contributed by atoms with Crippen LogP contribution in [0.5, 0.6) is 0 Å². The molecule has 0 aliphatic carbocycles. The zero-order valence-corrected chi connectivity index (χ0v) is 11.4. The second-order valence-corrected chi connectivity index (χ2v) is 5.50. The number of nitrogens with zero attached hydrogens (tertiary/aromatic N) is 2. The van der Waals surface area contributed by atoms with Crippen molar-refractivity contribution >= 4 is 28.6 Å². The van der Waals surface area contributed by atoms with E-state index in [2.05, 4.69) is 9.97 Å². The minimum absolute atomic E-state index is 0.360. The third kappa shape index (κ3) is 2.53. The Balaban J connectivity index is 2.33. The molecule has 0 unspecified atom stereocenters. The topological polar surface area (TPSA) is 52.1 Å². The fraction of sp³-hybridized carbons (Fsp3) is 0.364. The van der Waals surface area contributed by atoms with Gasteiger partial charge in [0.1, 0.15) is 0 Å². The van der Waals surface area contributed by atoms with Crippen molar-refractivity contribution in [3.8, 4) is 10.0 Å². The molecule has 0 radical (unpaired) electrons. The second kappa shape index (κ2) is 4.93. The third-order valence-corrected chi connectivity index (χ3v) is 4.14. The van der Waals surface area contributed by atoms with Gasteiger partial charge in [-0.25, -0.2) is 14.8 Å². The van der Waals surface area contributed by atoms with Crippen molar-refractivity contribution in [2.45, 2.75) is 20.8 Å². The van der Waals surface area contributed by atoms with Gasteiger partial charge in [-0.3, -0.25) is 0 Å². The van der Waals surface area contributed by atoms with Crippen LogP contribution in [-0.2, 0) is 4.74 Å². The highest BCUT2D eigenvalue weighted by atomic mass is 32.1. The number of hydrogen-bond donors (Lipinski definition) is 0. The molecule has 2 aromatic rings. The van der Waals surface area contributed by atoms with E-state index >= 15 is 0 Å². The molecule has 2 heterocycles. The first-order chi connectivity index (χ1) is 8.11. The van der Waals surface area contributed by atoms with Crippen molar-refractivity contribution in [3.05, 3.63) is 21.6 Å². The van der Waals surface area contributed by atoms with E-state index in [0.717, 1.165) is 20.6 Å². The van der Waals surface area contributed by atoms with Crippen LogP contribution < -0.4 is 0 Å². The summed E-state index contributed by atoms with van der Waals surface area (Å²) in [6.07, 6.45) is 0. The molecule has 6 heteroatoms. The van der Waals surface area contributed by atoms with Gasteiger partial charge < -0.3 is 4.74 Å². The second-order valence-electron chi connectivity index (χ2n) is 3.44. The quantitative estimate of drug-likeness (QED) is 0.803. The number of thiazole rings is 2. The van der Waals surface area contributed by atoms with E-state index < -0.39 is 0 Å².